The normalized spacial score (nSPS) is 17.4. The second-order valence-corrected chi connectivity index (χ2v) is 5.75. The third-order valence-corrected chi connectivity index (χ3v) is 4.32. The van der Waals surface area contributed by atoms with E-state index in [-0.39, 0.29) is 12.0 Å². The molecule has 1 aliphatic rings. The Balaban J connectivity index is 1.97. The average molecular weight is 260 g/mol. The van der Waals surface area contributed by atoms with Crippen LogP contribution in [0.5, 0.6) is 0 Å². The summed E-state index contributed by atoms with van der Waals surface area (Å²) in [6.45, 7) is 4.19. The van der Waals surface area contributed by atoms with E-state index in [9.17, 15) is 4.79 Å². The molecule has 0 radical (unpaired) electrons. The van der Waals surface area contributed by atoms with Gasteiger partial charge >= 0.3 is 0 Å². The minimum atomic E-state index is 0.210. The van der Waals surface area contributed by atoms with Crippen LogP contribution < -0.4 is 0 Å². The van der Waals surface area contributed by atoms with E-state index in [0.717, 1.165) is 25.0 Å². The van der Waals surface area contributed by atoms with Crippen LogP contribution in [0, 0.1) is 12.8 Å². The van der Waals surface area contributed by atoms with Crippen molar-refractivity contribution in [1.82, 2.24) is 9.88 Å². The number of pyridine rings is 1. The predicted molar refractivity (Wildman–Crippen MR) is 76.9 cm³/mol. The fraction of sp³-hybridized carbons (Fsp3) is 0.625. The molecule has 2 rings (SSSR count). The molecule has 0 saturated heterocycles. The average Bonchev–Trinajstić information content (AvgIpc) is 2.93. The number of amides is 1. The van der Waals surface area contributed by atoms with E-state index in [4.69, 9.17) is 0 Å². The summed E-state index contributed by atoms with van der Waals surface area (Å²) >= 11 is 0. The van der Waals surface area contributed by atoms with Crippen molar-refractivity contribution < 1.29 is 4.79 Å². The SMILES string of the molecule is Cc1cccnc1C[C@@H](C)N(C)C(=O)C1CCCC1. The largest absolute Gasteiger partial charge is 0.342 e. The fourth-order valence-electron chi connectivity index (χ4n) is 2.83. The topological polar surface area (TPSA) is 33.2 Å². The number of rotatable bonds is 4. The Kier molecular flexibility index (Phi) is 4.56. The van der Waals surface area contributed by atoms with E-state index in [0.29, 0.717) is 5.91 Å². The third-order valence-electron chi connectivity index (χ3n) is 4.32. The highest BCUT2D eigenvalue weighted by Crippen LogP contribution is 2.27. The van der Waals surface area contributed by atoms with Gasteiger partial charge in [-0.05, 0) is 38.3 Å². The highest BCUT2D eigenvalue weighted by atomic mass is 16.2. The van der Waals surface area contributed by atoms with Crippen LogP contribution in [0.15, 0.2) is 18.3 Å². The van der Waals surface area contributed by atoms with Gasteiger partial charge in [0.15, 0.2) is 0 Å². The van der Waals surface area contributed by atoms with Gasteiger partial charge in [-0.25, -0.2) is 0 Å². The molecule has 1 aliphatic carbocycles. The lowest BCUT2D eigenvalue weighted by molar-refractivity contribution is -0.135. The predicted octanol–water partition coefficient (Wildman–Crippen LogP) is 2.97. The number of aryl methyl sites for hydroxylation is 1. The first kappa shape index (κ1) is 14.0. The zero-order valence-electron chi connectivity index (χ0n) is 12.2. The zero-order valence-corrected chi connectivity index (χ0v) is 12.2. The molecular formula is C16H24N2O. The van der Waals surface area contributed by atoms with Gasteiger partial charge in [0, 0.05) is 37.3 Å². The molecule has 0 spiro atoms. The van der Waals surface area contributed by atoms with Crippen molar-refractivity contribution in [3.8, 4) is 0 Å². The van der Waals surface area contributed by atoms with Crippen LogP contribution in [-0.2, 0) is 11.2 Å². The standard InChI is InChI=1S/C16H24N2O/c1-12-7-6-10-17-15(12)11-13(2)18(3)16(19)14-8-4-5-9-14/h6-7,10,13-14H,4-5,8-9,11H2,1-3H3/t13-/m1/s1. The molecule has 3 nitrogen and oxygen atoms in total. The van der Waals surface area contributed by atoms with E-state index in [2.05, 4.69) is 24.9 Å². The zero-order chi connectivity index (χ0) is 13.8. The molecule has 0 aliphatic heterocycles. The van der Waals surface area contributed by atoms with Crippen molar-refractivity contribution in [2.45, 2.75) is 52.0 Å². The number of hydrogen-bond acceptors (Lipinski definition) is 2. The highest BCUT2D eigenvalue weighted by molar-refractivity contribution is 5.79. The molecule has 1 amide bonds. The molecule has 1 aromatic heterocycles. The summed E-state index contributed by atoms with van der Waals surface area (Å²) in [7, 11) is 1.93. The molecule has 104 valence electrons. The maximum atomic E-state index is 12.4. The monoisotopic (exact) mass is 260 g/mol. The molecule has 0 bridgehead atoms. The first-order valence-corrected chi connectivity index (χ1v) is 7.26. The summed E-state index contributed by atoms with van der Waals surface area (Å²) in [5.74, 6) is 0.580. The molecule has 0 N–H and O–H groups in total. The second-order valence-electron chi connectivity index (χ2n) is 5.75. The minimum Gasteiger partial charge on any atom is -0.342 e. The molecule has 1 heterocycles. The maximum Gasteiger partial charge on any atom is 0.225 e. The minimum absolute atomic E-state index is 0.210. The van der Waals surface area contributed by atoms with Crippen LogP contribution in [0.2, 0.25) is 0 Å². The van der Waals surface area contributed by atoms with Crippen LogP contribution in [0.3, 0.4) is 0 Å². The Morgan fingerprint density at radius 1 is 1.47 bits per heavy atom. The lowest BCUT2D eigenvalue weighted by atomic mass is 10.0. The molecule has 19 heavy (non-hydrogen) atoms. The summed E-state index contributed by atoms with van der Waals surface area (Å²) in [5, 5.41) is 0. The van der Waals surface area contributed by atoms with Crippen LogP contribution >= 0.6 is 0 Å². The van der Waals surface area contributed by atoms with Gasteiger partial charge in [0.2, 0.25) is 5.91 Å². The lowest BCUT2D eigenvalue weighted by Crippen LogP contribution is -2.39. The van der Waals surface area contributed by atoms with Crippen molar-refractivity contribution in [3.63, 3.8) is 0 Å². The molecule has 0 aromatic carbocycles. The first-order valence-electron chi connectivity index (χ1n) is 7.26. The molecule has 0 unspecified atom stereocenters. The van der Waals surface area contributed by atoms with E-state index >= 15 is 0 Å². The van der Waals surface area contributed by atoms with Gasteiger partial charge in [-0.3, -0.25) is 9.78 Å². The van der Waals surface area contributed by atoms with Gasteiger partial charge in [-0.1, -0.05) is 18.9 Å². The summed E-state index contributed by atoms with van der Waals surface area (Å²) in [6.07, 6.45) is 7.21. The fourth-order valence-corrected chi connectivity index (χ4v) is 2.83. The Hall–Kier alpha value is -1.38. The Morgan fingerprint density at radius 3 is 2.79 bits per heavy atom. The third kappa shape index (κ3) is 3.34. The van der Waals surface area contributed by atoms with Crippen molar-refractivity contribution >= 4 is 5.91 Å². The summed E-state index contributed by atoms with van der Waals surface area (Å²) < 4.78 is 0. The van der Waals surface area contributed by atoms with Gasteiger partial charge in [-0.15, -0.1) is 0 Å². The summed E-state index contributed by atoms with van der Waals surface area (Å²) in [5.41, 5.74) is 2.30. The van der Waals surface area contributed by atoms with Gasteiger partial charge in [0.25, 0.3) is 0 Å². The number of nitrogens with zero attached hydrogens (tertiary/aromatic N) is 2. The second kappa shape index (κ2) is 6.18. The van der Waals surface area contributed by atoms with Crippen LogP contribution in [0.1, 0.15) is 43.9 Å². The molecular weight excluding hydrogens is 236 g/mol. The lowest BCUT2D eigenvalue weighted by Gasteiger charge is -2.27. The van der Waals surface area contributed by atoms with Gasteiger partial charge in [-0.2, -0.15) is 0 Å². The van der Waals surface area contributed by atoms with Crippen molar-refractivity contribution in [3.05, 3.63) is 29.6 Å². The first-order chi connectivity index (χ1) is 9.09. The highest BCUT2D eigenvalue weighted by Gasteiger charge is 2.27. The van der Waals surface area contributed by atoms with E-state index in [1.165, 1.54) is 18.4 Å². The Labute approximate surface area is 116 Å². The quantitative estimate of drug-likeness (QED) is 0.834. The molecule has 1 fully saturated rings. The van der Waals surface area contributed by atoms with Gasteiger partial charge in [0.05, 0.1) is 0 Å². The molecule has 3 heteroatoms. The number of hydrogen-bond donors (Lipinski definition) is 0. The van der Waals surface area contributed by atoms with E-state index < -0.39 is 0 Å². The number of carbonyl (C=O) groups excluding carboxylic acids is 1. The van der Waals surface area contributed by atoms with Crippen molar-refractivity contribution in [2.24, 2.45) is 5.92 Å². The van der Waals surface area contributed by atoms with E-state index in [1.807, 2.05) is 24.2 Å². The van der Waals surface area contributed by atoms with Crippen molar-refractivity contribution in [2.75, 3.05) is 7.05 Å². The number of aromatic nitrogens is 1. The van der Waals surface area contributed by atoms with Gasteiger partial charge in [0.1, 0.15) is 0 Å². The Bertz CT molecular complexity index is 438. The smallest absolute Gasteiger partial charge is 0.225 e. The number of likely N-dealkylation sites (N-methyl/N-ethyl adjacent to an activating group) is 1. The molecule has 1 saturated carbocycles. The van der Waals surface area contributed by atoms with Gasteiger partial charge < -0.3 is 4.90 Å². The van der Waals surface area contributed by atoms with Crippen LogP contribution in [-0.4, -0.2) is 28.9 Å². The summed E-state index contributed by atoms with van der Waals surface area (Å²) in [6, 6.07) is 4.24. The number of carbonyl (C=O) groups is 1. The van der Waals surface area contributed by atoms with Crippen LogP contribution in [0.25, 0.3) is 0 Å². The maximum absolute atomic E-state index is 12.4. The Morgan fingerprint density at radius 2 is 2.16 bits per heavy atom. The van der Waals surface area contributed by atoms with E-state index in [1.54, 1.807) is 0 Å². The molecule has 1 aromatic rings. The van der Waals surface area contributed by atoms with Crippen LogP contribution in [0.4, 0.5) is 0 Å². The summed E-state index contributed by atoms with van der Waals surface area (Å²) in [4.78, 5) is 18.7. The van der Waals surface area contributed by atoms with Crippen molar-refractivity contribution in [1.29, 1.82) is 0 Å². The molecule has 1 atom stereocenters.